The van der Waals surface area contributed by atoms with Gasteiger partial charge >= 0.3 is 5.97 Å². The predicted molar refractivity (Wildman–Crippen MR) is 66.9 cm³/mol. The van der Waals surface area contributed by atoms with Gasteiger partial charge in [0, 0.05) is 25.9 Å². The van der Waals surface area contributed by atoms with Crippen molar-refractivity contribution in [1.82, 2.24) is 10.2 Å². The number of hydrogen-bond donors (Lipinski definition) is 2. The summed E-state index contributed by atoms with van der Waals surface area (Å²) in [6.07, 6.45) is 2.21. The summed E-state index contributed by atoms with van der Waals surface area (Å²) < 4.78 is 0. The quantitative estimate of drug-likeness (QED) is 0.564. The average molecular weight is 244 g/mol. The minimum absolute atomic E-state index is 0.197. The lowest BCUT2D eigenvalue weighted by Gasteiger charge is -2.18. The van der Waals surface area contributed by atoms with Gasteiger partial charge < -0.3 is 15.3 Å². The van der Waals surface area contributed by atoms with Crippen LogP contribution in [0, 0.1) is 0 Å². The summed E-state index contributed by atoms with van der Waals surface area (Å²) in [5, 5.41) is 11.6. The highest BCUT2D eigenvalue weighted by molar-refractivity contribution is 5.76. The van der Waals surface area contributed by atoms with E-state index in [4.69, 9.17) is 5.11 Å². The van der Waals surface area contributed by atoms with Crippen LogP contribution in [0.4, 0.5) is 0 Å². The van der Waals surface area contributed by atoms with Crippen molar-refractivity contribution in [3.8, 4) is 0 Å². The number of carbonyl (C=O) groups excluding carboxylic acids is 1. The fourth-order valence-electron chi connectivity index (χ4n) is 1.59. The van der Waals surface area contributed by atoms with Crippen LogP contribution in [0.5, 0.6) is 0 Å². The minimum Gasteiger partial charge on any atom is -0.481 e. The number of hydrogen-bond acceptors (Lipinski definition) is 3. The molecule has 0 aromatic heterocycles. The summed E-state index contributed by atoms with van der Waals surface area (Å²) in [5.41, 5.74) is 0. The number of rotatable bonds is 10. The molecule has 0 aromatic rings. The maximum Gasteiger partial charge on any atom is 0.303 e. The third-order valence-corrected chi connectivity index (χ3v) is 2.60. The molecule has 0 fully saturated rings. The Kier molecular flexibility index (Phi) is 9.43. The van der Waals surface area contributed by atoms with Crippen molar-refractivity contribution >= 4 is 11.9 Å². The first-order valence-corrected chi connectivity index (χ1v) is 6.32. The van der Waals surface area contributed by atoms with E-state index in [9.17, 15) is 9.59 Å². The summed E-state index contributed by atoms with van der Waals surface area (Å²) in [5.74, 6) is -0.564. The minimum atomic E-state index is -0.761. The van der Waals surface area contributed by atoms with Gasteiger partial charge in [0.15, 0.2) is 0 Å². The van der Waals surface area contributed by atoms with Gasteiger partial charge in [-0.1, -0.05) is 0 Å². The summed E-state index contributed by atoms with van der Waals surface area (Å²) >= 11 is 0. The lowest BCUT2D eigenvalue weighted by atomic mass is 10.2. The van der Waals surface area contributed by atoms with Crippen molar-refractivity contribution in [3.63, 3.8) is 0 Å². The van der Waals surface area contributed by atoms with Crippen LogP contribution in [-0.2, 0) is 9.59 Å². The zero-order valence-electron chi connectivity index (χ0n) is 10.9. The summed E-state index contributed by atoms with van der Waals surface area (Å²) in [7, 11) is 0. The number of carbonyl (C=O) groups is 2. The first-order chi connectivity index (χ1) is 8.11. The normalized spacial score (nSPS) is 10.2. The van der Waals surface area contributed by atoms with E-state index < -0.39 is 5.97 Å². The van der Waals surface area contributed by atoms with Gasteiger partial charge in [-0.05, 0) is 39.8 Å². The van der Waals surface area contributed by atoms with Crippen molar-refractivity contribution < 1.29 is 14.7 Å². The fraction of sp³-hybridized carbons (Fsp3) is 0.833. The topological polar surface area (TPSA) is 69.6 Å². The van der Waals surface area contributed by atoms with E-state index in [-0.39, 0.29) is 12.3 Å². The van der Waals surface area contributed by atoms with Crippen molar-refractivity contribution in [3.05, 3.63) is 0 Å². The van der Waals surface area contributed by atoms with Gasteiger partial charge in [0.05, 0.1) is 0 Å². The number of carboxylic acids is 1. The molecule has 5 nitrogen and oxygen atoms in total. The van der Waals surface area contributed by atoms with E-state index in [1.807, 2.05) is 18.7 Å². The average Bonchev–Trinajstić information content (AvgIpc) is 2.29. The molecule has 0 unspecified atom stereocenters. The van der Waals surface area contributed by atoms with Crippen molar-refractivity contribution in [2.24, 2.45) is 0 Å². The number of aliphatic carboxylic acids is 1. The van der Waals surface area contributed by atoms with Gasteiger partial charge in [-0.25, -0.2) is 0 Å². The summed E-state index contributed by atoms with van der Waals surface area (Å²) in [4.78, 5) is 23.7. The van der Waals surface area contributed by atoms with Gasteiger partial charge in [0.2, 0.25) is 5.91 Å². The van der Waals surface area contributed by atoms with Crippen molar-refractivity contribution in [1.29, 1.82) is 0 Å². The Bertz CT molecular complexity index is 228. The molecule has 2 N–H and O–H groups in total. The summed E-state index contributed by atoms with van der Waals surface area (Å²) in [6, 6.07) is 0. The zero-order chi connectivity index (χ0) is 13.1. The Balaban J connectivity index is 3.39. The zero-order valence-corrected chi connectivity index (χ0v) is 10.9. The van der Waals surface area contributed by atoms with E-state index in [2.05, 4.69) is 5.32 Å². The van der Waals surface area contributed by atoms with Crippen molar-refractivity contribution in [2.75, 3.05) is 26.2 Å². The second-order valence-corrected chi connectivity index (χ2v) is 3.92. The molecule has 100 valence electrons. The second kappa shape index (κ2) is 10.1. The fourth-order valence-corrected chi connectivity index (χ4v) is 1.59. The Hall–Kier alpha value is -1.10. The molecule has 0 bridgehead atoms. The molecule has 1 amide bonds. The molecule has 5 heteroatoms. The number of carboxylic acid groups (broad SMARTS) is 1. The molecule has 17 heavy (non-hydrogen) atoms. The molecular weight excluding hydrogens is 220 g/mol. The van der Waals surface area contributed by atoms with Gasteiger partial charge in [-0.2, -0.15) is 0 Å². The SMILES string of the molecule is CCN(CC)C(=O)CCCNCCCC(=O)O. The highest BCUT2D eigenvalue weighted by Gasteiger charge is 2.07. The van der Waals surface area contributed by atoms with E-state index in [0.29, 0.717) is 19.4 Å². The van der Waals surface area contributed by atoms with Crippen LogP contribution in [0.15, 0.2) is 0 Å². The Morgan fingerprint density at radius 3 is 2.06 bits per heavy atom. The van der Waals surface area contributed by atoms with Crippen LogP contribution in [0.25, 0.3) is 0 Å². The van der Waals surface area contributed by atoms with E-state index in [0.717, 1.165) is 26.1 Å². The molecule has 0 heterocycles. The number of amides is 1. The molecule has 0 aromatic carbocycles. The monoisotopic (exact) mass is 244 g/mol. The Morgan fingerprint density at radius 2 is 1.59 bits per heavy atom. The van der Waals surface area contributed by atoms with Crippen LogP contribution in [0.3, 0.4) is 0 Å². The predicted octanol–water partition coefficient (Wildman–Crippen LogP) is 1.09. The molecule has 0 aliphatic rings. The molecule has 0 spiro atoms. The molecular formula is C12H24N2O3. The smallest absolute Gasteiger partial charge is 0.303 e. The lowest BCUT2D eigenvalue weighted by molar-refractivity contribution is -0.137. The van der Waals surface area contributed by atoms with Gasteiger partial charge in [0.25, 0.3) is 0 Å². The lowest BCUT2D eigenvalue weighted by Crippen LogP contribution is -2.31. The maximum absolute atomic E-state index is 11.6. The van der Waals surface area contributed by atoms with Crippen LogP contribution in [0.2, 0.25) is 0 Å². The molecule has 0 rings (SSSR count). The highest BCUT2D eigenvalue weighted by atomic mass is 16.4. The van der Waals surface area contributed by atoms with Gasteiger partial charge in [-0.15, -0.1) is 0 Å². The van der Waals surface area contributed by atoms with E-state index in [1.54, 1.807) is 0 Å². The second-order valence-electron chi connectivity index (χ2n) is 3.92. The third kappa shape index (κ3) is 8.68. The van der Waals surface area contributed by atoms with Gasteiger partial charge in [0.1, 0.15) is 0 Å². The summed E-state index contributed by atoms with van der Waals surface area (Å²) in [6.45, 7) is 6.96. The van der Waals surface area contributed by atoms with Crippen LogP contribution < -0.4 is 5.32 Å². The number of nitrogens with one attached hydrogen (secondary N) is 1. The Labute approximate surface area is 103 Å². The van der Waals surface area contributed by atoms with Crippen LogP contribution in [-0.4, -0.2) is 48.1 Å². The first-order valence-electron chi connectivity index (χ1n) is 6.32. The molecule has 0 saturated heterocycles. The largest absolute Gasteiger partial charge is 0.481 e. The number of nitrogens with zero attached hydrogens (tertiary/aromatic N) is 1. The molecule has 0 radical (unpaired) electrons. The highest BCUT2D eigenvalue weighted by Crippen LogP contribution is 1.97. The standard InChI is InChI=1S/C12H24N2O3/c1-3-14(4-2)11(15)7-5-9-13-10-6-8-12(16)17/h13H,3-10H2,1-2H3,(H,16,17). The molecule has 0 aliphatic carbocycles. The van der Waals surface area contributed by atoms with E-state index in [1.165, 1.54) is 0 Å². The Morgan fingerprint density at radius 1 is 1.06 bits per heavy atom. The first kappa shape index (κ1) is 15.9. The van der Waals surface area contributed by atoms with Gasteiger partial charge in [-0.3, -0.25) is 9.59 Å². The third-order valence-electron chi connectivity index (χ3n) is 2.60. The van der Waals surface area contributed by atoms with Crippen molar-refractivity contribution in [2.45, 2.75) is 39.5 Å². The van der Waals surface area contributed by atoms with Crippen LogP contribution in [0.1, 0.15) is 39.5 Å². The van der Waals surface area contributed by atoms with E-state index >= 15 is 0 Å². The molecule has 0 atom stereocenters. The van der Waals surface area contributed by atoms with Crippen LogP contribution >= 0.6 is 0 Å². The molecule has 0 saturated carbocycles. The molecule has 0 aliphatic heterocycles. The maximum atomic E-state index is 11.6.